The third-order valence-electron chi connectivity index (χ3n) is 7.92. The summed E-state index contributed by atoms with van der Waals surface area (Å²) in [5, 5.41) is 9.88. The Balaban J connectivity index is 1.13. The minimum Gasteiger partial charge on any atom is -0.339 e. The maximum absolute atomic E-state index is 13.2. The predicted molar refractivity (Wildman–Crippen MR) is 173 cm³/mol. The molecule has 0 bridgehead atoms. The van der Waals surface area contributed by atoms with Crippen LogP contribution in [0.5, 0.6) is 0 Å². The van der Waals surface area contributed by atoms with Gasteiger partial charge in [-0.05, 0) is 54.2 Å². The zero-order valence-electron chi connectivity index (χ0n) is 25.6. The fourth-order valence-corrected chi connectivity index (χ4v) is 6.34. The third-order valence-corrected chi connectivity index (χ3v) is 8.94. The van der Waals surface area contributed by atoms with E-state index in [9.17, 15) is 9.59 Å². The van der Waals surface area contributed by atoms with E-state index in [4.69, 9.17) is 0 Å². The summed E-state index contributed by atoms with van der Waals surface area (Å²) in [7, 11) is 0. The van der Waals surface area contributed by atoms with Crippen LogP contribution in [0.3, 0.4) is 0 Å². The van der Waals surface area contributed by atoms with Gasteiger partial charge < -0.3 is 9.80 Å². The highest BCUT2D eigenvalue weighted by Gasteiger charge is 2.30. The highest BCUT2D eigenvalue weighted by atomic mass is 32.2. The number of piperazine rings is 1. The Morgan fingerprint density at radius 2 is 1.56 bits per heavy atom. The lowest BCUT2D eigenvalue weighted by molar-refractivity contribution is -0.133. The number of hydrogen-bond donors (Lipinski definition) is 0. The van der Waals surface area contributed by atoms with Crippen molar-refractivity contribution < 1.29 is 9.59 Å². The summed E-state index contributed by atoms with van der Waals surface area (Å²) in [6, 6.07) is 28.4. The number of amides is 2. The Labute approximate surface area is 259 Å². The monoisotopic (exact) mass is 595 g/mol. The first-order valence-electron chi connectivity index (χ1n) is 15.1. The summed E-state index contributed by atoms with van der Waals surface area (Å²) in [6.45, 7) is 10.2. The van der Waals surface area contributed by atoms with E-state index in [0.29, 0.717) is 38.0 Å². The summed E-state index contributed by atoms with van der Waals surface area (Å²) in [4.78, 5) is 30.1. The van der Waals surface area contributed by atoms with Crippen LogP contribution in [0.15, 0.2) is 90.1 Å². The topological polar surface area (TPSA) is 71.3 Å². The first-order valence-corrected chi connectivity index (χ1v) is 16.0. The number of benzene rings is 3. The molecular formula is C35H41N5O2S. The molecule has 1 atom stereocenters. The van der Waals surface area contributed by atoms with Gasteiger partial charge in [-0.1, -0.05) is 93.2 Å². The summed E-state index contributed by atoms with van der Waals surface area (Å²) >= 11 is 1.63. The maximum atomic E-state index is 13.2. The summed E-state index contributed by atoms with van der Waals surface area (Å²) in [6.07, 6.45) is 1.90. The summed E-state index contributed by atoms with van der Waals surface area (Å²) in [5.74, 6) is 1.83. The number of thioether (sulfide) groups is 1. The Bertz CT molecular complexity index is 1510. The van der Waals surface area contributed by atoms with Crippen LogP contribution in [0.2, 0.25) is 0 Å². The van der Waals surface area contributed by atoms with Gasteiger partial charge in [0.2, 0.25) is 5.91 Å². The first-order chi connectivity index (χ1) is 20.7. The molecule has 0 spiro atoms. The Kier molecular flexibility index (Phi) is 9.65. The Morgan fingerprint density at radius 3 is 2.21 bits per heavy atom. The van der Waals surface area contributed by atoms with E-state index in [1.807, 2.05) is 77.4 Å². The molecule has 1 aromatic heterocycles. The van der Waals surface area contributed by atoms with Gasteiger partial charge in [0.15, 0.2) is 5.16 Å². The highest BCUT2D eigenvalue weighted by molar-refractivity contribution is 7.99. The van der Waals surface area contributed by atoms with Crippen LogP contribution < -0.4 is 0 Å². The molecule has 2 amide bonds. The largest absolute Gasteiger partial charge is 0.339 e. The number of para-hydroxylation sites is 1. The van der Waals surface area contributed by atoms with Crippen molar-refractivity contribution in [3.63, 3.8) is 0 Å². The van der Waals surface area contributed by atoms with E-state index in [0.717, 1.165) is 28.8 Å². The fourth-order valence-electron chi connectivity index (χ4n) is 5.43. The SMILES string of the molecule is CC1CN(C(=O)CCCSc2nnc(Cc3ccccc3)n2-c2ccccc2)CCN1C(=O)c1ccc(C(C)(C)C)cc1. The molecule has 1 aliphatic rings. The highest BCUT2D eigenvalue weighted by Crippen LogP contribution is 2.26. The lowest BCUT2D eigenvalue weighted by atomic mass is 9.86. The van der Waals surface area contributed by atoms with E-state index in [1.165, 1.54) is 11.1 Å². The minimum atomic E-state index is -0.0330. The molecular weight excluding hydrogens is 554 g/mol. The van der Waals surface area contributed by atoms with Crippen molar-refractivity contribution in [3.8, 4) is 5.69 Å². The second-order valence-corrected chi connectivity index (χ2v) is 13.3. The van der Waals surface area contributed by atoms with Crippen LogP contribution in [-0.4, -0.2) is 67.8 Å². The van der Waals surface area contributed by atoms with Crippen molar-refractivity contribution in [3.05, 3.63) is 107 Å². The summed E-state index contributed by atoms with van der Waals surface area (Å²) in [5.41, 5.74) is 4.17. The van der Waals surface area contributed by atoms with E-state index >= 15 is 0 Å². The van der Waals surface area contributed by atoms with E-state index < -0.39 is 0 Å². The van der Waals surface area contributed by atoms with Crippen LogP contribution in [0.4, 0.5) is 0 Å². The number of hydrogen-bond acceptors (Lipinski definition) is 5. The molecule has 7 nitrogen and oxygen atoms in total. The van der Waals surface area contributed by atoms with Crippen molar-refractivity contribution in [1.29, 1.82) is 0 Å². The molecule has 1 fully saturated rings. The average Bonchev–Trinajstić information content (AvgIpc) is 3.41. The molecule has 4 aromatic rings. The van der Waals surface area contributed by atoms with E-state index in [1.54, 1.807) is 11.8 Å². The second-order valence-electron chi connectivity index (χ2n) is 12.2. The molecule has 1 aliphatic heterocycles. The molecule has 0 radical (unpaired) electrons. The third kappa shape index (κ3) is 7.54. The van der Waals surface area contributed by atoms with Gasteiger partial charge in [-0.25, -0.2) is 0 Å². The first kappa shape index (κ1) is 30.5. The smallest absolute Gasteiger partial charge is 0.254 e. The lowest BCUT2D eigenvalue weighted by Gasteiger charge is -2.40. The number of carbonyl (C=O) groups is 2. The van der Waals surface area contributed by atoms with E-state index in [-0.39, 0.29) is 23.3 Å². The van der Waals surface area contributed by atoms with E-state index in [2.05, 4.69) is 59.8 Å². The lowest BCUT2D eigenvalue weighted by Crippen LogP contribution is -2.55. The predicted octanol–water partition coefficient (Wildman–Crippen LogP) is 6.40. The van der Waals surface area contributed by atoms with Crippen molar-refractivity contribution in [2.75, 3.05) is 25.4 Å². The molecule has 0 saturated carbocycles. The van der Waals surface area contributed by atoms with Gasteiger partial charge in [-0.15, -0.1) is 10.2 Å². The van der Waals surface area contributed by atoms with Gasteiger partial charge in [0.05, 0.1) is 0 Å². The summed E-state index contributed by atoms with van der Waals surface area (Å²) < 4.78 is 2.12. The van der Waals surface area contributed by atoms with Crippen LogP contribution in [0.1, 0.15) is 67.8 Å². The van der Waals surface area contributed by atoms with Gasteiger partial charge in [0.25, 0.3) is 5.91 Å². The van der Waals surface area contributed by atoms with Crippen LogP contribution in [0.25, 0.3) is 5.69 Å². The molecule has 43 heavy (non-hydrogen) atoms. The van der Waals surface area contributed by atoms with Gasteiger partial charge in [0, 0.05) is 55.5 Å². The maximum Gasteiger partial charge on any atom is 0.254 e. The van der Waals surface area contributed by atoms with Gasteiger partial charge in [0.1, 0.15) is 5.82 Å². The number of nitrogens with zero attached hydrogens (tertiary/aromatic N) is 5. The van der Waals surface area contributed by atoms with Gasteiger partial charge in [-0.3, -0.25) is 14.2 Å². The Morgan fingerprint density at radius 1 is 0.884 bits per heavy atom. The molecule has 8 heteroatoms. The molecule has 2 heterocycles. The van der Waals surface area contributed by atoms with Gasteiger partial charge in [-0.2, -0.15) is 0 Å². The van der Waals surface area contributed by atoms with Crippen LogP contribution >= 0.6 is 11.8 Å². The molecule has 3 aromatic carbocycles. The second kappa shape index (κ2) is 13.6. The zero-order valence-corrected chi connectivity index (χ0v) is 26.4. The number of carbonyl (C=O) groups excluding carboxylic acids is 2. The molecule has 1 unspecified atom stereocenters. The molecule has 1 saturated heterocycles. The zero-order chi connectivity index (χ0) is 30.4. The molecule has 0 aliphatic carbocycles. The number of rotatable bonds is 9. The van der Waals surface area contributed by atoms with Crippen LogP contribution in [0, 0.1) is 0 Å². The van der Waals surface area contributed by atoms with Crippen molar-refractivity contribution >= 4 is 23.6 Å². The normalized spacial score (nSPS) is 15.5. The molecule has 0 N–H and O–H groups in total. The minimum absolute atomic E-state index is 0.0330. The van der Waals surface area contributed by atoms with Crippen LogP contribution in [-0.2, 0) is 16.6 Å². The average molecular weight is 596 g/mol. The quantitative estimate of drug-likeness (QED) is 0.165. The standard InChI is InChI=1S/C35H41N5O2S/c1-26-25-38(21-22-39(26)33(42)28-17-19-29(20-18-28)35(2,3)4)32(41)16-11-23-43-34-37-36-31(24-27-12-7-5-8-13-27)40(34)30-14-9-6-10-15-30/h5-10,12-15,17-20,26H,11,16,21-25H2,1-4H3. The fraction of sp³-hybridized carbons (Fsp3) is 0.371. The Hall–Kier alpha value is -3.91. The molecule has 224 valence electrons. The van der Waals surface area contributed by atoms with Crippen molar-refractivity contribution in [2.24, 2.45) is 0 Å². The van der Waals surface area contributed by atoms with Gasteiger partial charge >= 0.3 is 0 Å². The van der Waals surface area contributed by atoms with Crippen molar-refractivity contribution in [2.45, 2.75) is 63.6 Å². The van der Waals surface area contributed by atoms with Crippen molar-refractivity contribution in [1.82, 2.24) is 24.6 Å². The number of aromatic nitrogens is 3. The molecule has 5 rings (SSSR count).